The van der Waals surface area contributed by atoms with Gasteiger partial charge in [0.25, 0.3) is 0 Å². The molecule has 9 heavy (non-hydrogen) atoms. The molecule has 2 nitrogen and oxygen atoms in total. The van der Waals surface area contributed by atoms with Gasteiger partial charge in [0.05, 0.1) is 0 Å². The molecule has 1 heterocycles. The molecule has 0 saturated heterocycles. The van der Waals surface area contributed by atoms with E-state index in [9.17, 15) is 0 Å². The molecule has 1 atom stereocenters. The van der Waals surface area contributed by atoms with E-state index < -0.39 is 0 Å². The predicted molar refractivity (Wildman–Crippen MR) is 36.7 cm³/mol. The van der Waals surface area contributed by atoms with Crippen molar-refractivity contribution in [3.05, 3.63) is 30.4 Å². The Morgan fingerprint density at radius 2 is 2.33 bits per heavy atom. The van der Waals surface area contributed by atoms with Crippen LogP contribution in [0.3, 0.4) is 0 Å². The van der Waals surface area contributed by atoms with Gasteiger partial charge in [-0.15, -0.1) is 12.1 Å². The molecule has 0 radical (unpaired) electrons. The van der Waals surface area contributed by atoms with E-state index in [1.54, 1.807) is 6.20 Å². The summed E-state index contributed by atoms with van der Waals surface area (Å²) in [7, 11) is 0. The average molecular weight is 301 g/mol. The number of rotatable bonds is 1. The van der Waals surface area contributed by atoms with Gasteiger partial charge in [-0.05, 0) is 6.42 Å². The van der Waals surface area contributed by atoms with Crippen LogP contribution in [0.5, 0.6) is 0 Å². The molecule has 1 aliphatic rings. The molecule has 0 aromatic carbocycles. The largest absolute Gasteiger partial charge is 3.00 e. The Kier molecular flexibility index (Phi) is 7.74. The molecule has 0 aliphatic carbocycles. The van der Waals surface area contributed by atoms with Crippen LogP contribution in [0.4, 0.5) is 0 Å². The van der Waals surface area contributed by atoms with Crippen molar-refractivity contribution in [2.45, 2.75) is 12.5 Å². The average Bonchev–Trinajstić information content (AvgIpc) is 2.14. The van der Waals surface area contributed by atoms with Gasteiger partial charge in [-0.1, -0.05) is 0 Å². The number of hydrogen-bond donors (Lipinski definition) is 0. The van der Waals surface area contributed by atoms with Crippen molar-refractivity contribution in [1.29, 1.82) is 0 Å². The van der Waals surface area contributed by atoms with Crippen molar-refractivity contribution in [2.75, 3.05) is 0 Å². The molecule has 0 saturated carbocycles. The van der Waals surface area contributed by atoms with E-state index in [2.05, 4.69) is 5.32 Å². The van der Waals surface area contributed by atoms with Crippen LogP contribution in [-0.4, -0.2) is 12.3 Å². The zero-order chi connectivity index (χ0) is 5.11. The van der Waals surface area contributed by atoms with E-state index >= 15 is 0 Å². The first-order valence-corrected chi connectivity index (χ1v) is 2.26. The first-order valence-electron chi connectivity index (χ1n) is 2.26. The van der Waals surface area contributed by atoms with Gasteiger partial charge in [0.15, 0.2) is 0 Å². The number of hydrogen-bond acceptors (Lipinski definition) is 0. The number of nitrogens with zero attached hydrogens (tertiary/aromatic N) is 2. The standard InChI is InChI=1S/C5H6N2.CH3.Ir/c6-4-5-2-1-3-7-5;;/h1,3-5H,2H2;1H3;/q-2;-1;+3. The Balaban J connectivity index is 0. The maximum absolute atomic E-state index is 8.31. The molecule has 0 aromatic heterocycles. The fourth-order valence-electron chi connectivity index (χ4n) is 0.532. The first kappa shape index (κ1) is 11.6. The predicted octanol–water partition coefficient (Wildman–Crippen LogP) is 1.73. The molecule has 0 bridgehead atoms. The molecule has 1 unspecified atom stereocenters. The van der Waals surface area contributed by atoms with E-state index in [-0.39, 0.29) is 33.6 Å². The summed E-state index contributed by atoms with van der Waals surface area (Å²) in [6.07, 6.45) is 5.62. The second-order valence-electron chi connectivity index (χ2n) is 1.49. The van der Waals surface area contributed by atoms with Crippen molar-refractivity contribution in [3.8, 4) is 0 Å². The van der Waals surface area contributed by atoms with Gasteiger partial charge < -0.3 is 18.2 Å². The molecule has 0 spiro atoms. The summed E-state index contributed by atoms with van der Waals surface area (Å²) in [6.45, 7) is 0. The monoisotopic (exact) mass is 302 g/mol. The Hall–Kier alpha value is -0.141. The molecule has 0 N–H and O–H groups in total. The molecule has 52 valence electrons. The second kappa shape index (κ2) is 5.99. The summed E-state index contributed by atoms with van der Waals surface area (Å²) in [4.78, 5) is 0. The summed E-state index contributed by atoms with van der Waals surface area (Å²) < 4.78 is 0. The molecule has 3 heteroatoms. The van der Waals surface area contributed by atoms with E-state index in [0.29, 0.717) is 0 Å². The van der Waals surface area contributed by atoms with Crippen LogP contribution < -0.4 is 0 Å². The molecular formula is C6H9IrN2. The summed E-state index contributed by atoms with van der Waals surface area (Å²) in [5.74, 6) is 0. The molecule has 1 rings (SSSR count). The quantitative estimate of drug-likeness (QED) is 0.522. The summed E-state index contributed by atoms with van der Waals surface area (Å²) in [5, 5.41) is 12.2. The van der Waals surface area contributed by atoms with Crippen molar-refractivity contribution in [2.24, 2.45) is 0 Å². The second-order valence-corrected chi connectivity index (χ2v) is 1.49. The van der Waals surface area contributed by atoms with Gasteiger partial charge in [0.1, 0.15) is 0 Å². The van der Waals surface area contributed by atoms with Gasteiger partial charge in [0, 0.05) is 0 Å². The summed E-state index contributed by atoms with van der Waals surface area (Å²) in [5.41, 5.74) is 0. The third kappa shape index (κ3) is 3.44. The SMILES string of the molecule is [CH3-].[Ir+3].[N-]=CC1CC=C[N-]1. The van der Waals surface area contributed by atoms with E-state index in [1.165, 1.54) is 0 Å². The zero-order valence-electron chi connectivity index (χ0n) is 5.24. The van der Waals surface area contributed by atoms with Crippen molar-refractivity contribution >= 4 is 6.21 Å². The van der Waals surface area contributed by atoms with Gasteiger partial charge in [-0.25, -0.2) is 6.21 Å². The zero-order valence-corrected chi connectivity index (χ0v) is 7.64. The minimum absolute atomic E-state index is 0. The van der Waals surface area contributed by atoms with Crippen molar-refractivity contribution in [1.82, 2.24) is 0 Å². The van der Waals surface area contributed by atoms with Gasteiger partial charge >= 0.3 is 20.1 Å². The maximum atomic E-state index is 8.31. The van der Waals surface area contributed by atoms with Crippen molar-refractivity contribution < 1.29 is 20.1 Å². The summed E-state index contributed by atoms with van der Waals surface area (Å²) >= 11 is 0. The topological polar surface area (TPSA) is 36.4 Å². The minimum atomic E-state index is 0. The van der Waals surface area contributed by atoms with Crippen LogP contribution in [0, 0.1) is 7.43 Å². The van der Waals surface area contributed by atoms with Crippen LogP contribution in [0.15, 0.2) is 12.3 Å². The Morgan fingerprint density at radius 1 is 1.67 bits per heavy atom. The van der Waals surface area contributed by atoms with Crippen LogP contribution in [0.1, 0.15) is 6.42 Å². The van der Waals surface area contributed by atoms with E-state index in [4.69, 9.17) is 5.41 Å². The van der Waals surface area contributed by atoms with E-state index in [1.807, 2.05) is 6.08 Å². The molecule has 0 fully saturated rings. The Labute approximate surface area is 69.6 Å². The van der Waals surface area contributed by atoms with E-state index in [0.717, 1.165) is 12.6 Å². The maximum Gasteiger partial charge on any atom is 3.00 e. The van der Waals surface area contributed by atoms with Crippen LogP contribution in [0.25, 0.3) is 10.7 Å². The van der Waals surface area contributed by atoms with Gasteiger partial charge in [-0.3, -0.25) is 0 Å². The Morgan fingerprint density at radius 3 is 2.56 bits per heavy atom. The molecule has 0 amide bonds. The van der Waals surface area contributed by atoms with Gasteiger partial charge in [-0.2, -0.15) is 6.20 Å². The van der Waals surface area contributed by atoms with Crippen LogP contribution >= 0.6 is 0 Å². The van der Waals surface area contributed by atoms with Crippen LogP contribution in [0.2, 0.25) is 0 Å². The molecule has 0 aromatic rings. The smallest absolute Gasteiger partial charge is 0.815 e. The first-order chi connectivity index (χ1) is 3.43. The Bertz CT molecular complexity index is 93.2. The van der Waals surface area contributed by atoms with Gasteiger partial charge in [0.2, 0.25) is 0 Å². The normalized spacial score (nSPS) is 21.1. The molecular weight excluding hydrogens is 292 g/mol. The fourth-order valence-corrected chi connectivity index (χ4v) is 0.532. The summed E-state index contributed by atoms with van der Waals surface area (Å²) in [6, 6.07) is 0.0417. The third-order valence-corrected chi connectivity index (χ3v) is 0.933. The fraction of sp³-hybridized carbons (Fsp3) is 0.333. The third-order valence-electron chi connectivity index (χ3n) is 0.933. The molecule has 1 aliphatic heterocycles. The van der Waals surface area contributed by atoms with Crippen LogP contribution in [-0.2, 0) is 20.1 Å². The minimum Gasteiger partial charge on any atom is -0.815 e. The van der Waals surface area contributed by atoms with Crippen molar-refractivity contribution in [3.63, 3.8) is 0 Å².